The van der Waals surface area contributed by atoms with E-state index >= 15 is 0 Å². The van der Waals surface area contributed by atoms with Crippen molar-refractivity contribution in [3.63, 3.8) is 0 Å². The molecule has 2 aliphatic rings. The van der Waals surface area contributed by atoms with Crippen molar-refractivity contribution >= 4 is 30.7 Å². The summed E-state index contributed by atoms with van der Waals surface area (Å²) in [5.74, 6) is 0.480. The van der Waals surface area contributed by atoms with Gasteiger partial charge < -0.3 is 10.6 Å². The first kappa shape index (κ1) is 20.2. The number of benzene rings is 1. The summed E-state index contributed by atoms with van der Waals surface area (Å²) in [6, 6.07) is 10.7. The van der Waals surface area contributed by atoms with Gasteiger partial charge in [-0.15, -0.1) is 24.8 Å². The van der Waals surface area contributed by atoms with Crippen LogP contribution in [-0.2, 0) is 11.3 Å². The largest absolute Gasteiger partial charge is 0.341 e. The summed E-state index contributed by atoms with van der Waals surface area (Å²) >= 11 is 0. The Balaban J connectivity index is 0.00000132. The van der Waals surface area contributed by atoms with E-state index in [2.05, 4.69) is 29.2 Å². The summed E-state index contributed by atoms with van der Waals surface area (Å²) in [4.78, 5) is 17.0. The second kappa shape index (κ2) is 9.48. The van der Waals surface area contributed by atoms with E-state index in [4.69, 9.17) is 5.73 Å². The molecule has 0 aliphatic carbocycles. The van der Waals surface area contributed by atoms with E-state index in [9.17, 15) is 4.79 Å². The van der Waals surface area contributed by atoms with Crippen LogP contribution in [0.4, 0.5) is 0 Å². The minimum Gasteiger partial charge on any atom is -0.341 e. The van der Waals surface area contributed by atoms with Gasteiger partial charge in [0.2, 0.25) is 5.91 Å². The van der Waals surface area contributed by atoms with Crippen LogP contribution >= 0.6 is 24.8 Å². The molecule has 1 amide bonds. The van der Waals surface area contributed by atoms with E-state index in [1.54, 1.807) is 0 Å². The Labute approximate surface area is 151 Å². The number of nitrogens with two attached hydrogens (primary N) is 1. The Kier molecular flexibility index (Phi) is 8.34. The number of nitrogens with zero attached hydrogens (tertiary/aromatic N) is 2. The molecule has 2 atom stereocenters. The fraction of sp³-hybridized carbons (Fsp3) is 0.588. The van der Waals surface area contributed by atoms with Gasteiger partial charge in [-0.2, -0.15) is 0 Å². The van der Waals surface area contributed by atoms with E-state index in [1.807, 2.05) is 11.0 Å². The van der Waals surface area contributed by atoms with Gasteiger partial charge in [0.25, 0.3) is 0 Å². The van der Waals surface area contributed by atoms with E-state index in [-0.39, 0.29) is 36.8 Å². The number of piperidine rings is 1. The van der Waals surface area contributed by atoms with Gasteiger partial charge in [-0.25, -0.2) is 0 Å². The highest BCUT2D eigenvalue weighted by atomic mass is 35.5. The SMILES string of the molecule is Cl.Cl.N[C@@H]1CCN(C(=O)C2CCCN(Cc3ccccc3)C2)C1. The van der Waals surface area contributed by atoms with E-state index in [1.165, 1.54) is 5.56 Å². The molecule has 1 unspecified atom stereocenters. The maximum absolute atomic E-state index is 12.6. The number of likely N-dealkylation sites (tertiary alicyclic amines) is 2. The molecule has 130 valence electrons. The van der Waals surface area contributed by atoms with Gasteiger partial charge in [0.15, 0.2) is 0 Å². The van der Waals surface area contributed by atoms with Crippen LogP contribution in [0.1, 0.15) is 24.8 Å². The molecule has 23 heavy (non-hydrogen) atoms. The standard InChI is InChI=1S/C17H25N3O.2ClH/c18-16-8-10-20(13-16)17(21)15-7-4-9-19(12-15)11-14-5-2-1-3-6-14;;/h1-3,5-6,15-16H,4,7-13,18H2;2*1H/t15?,16-;;/m1../s1. The Morgan fingerprint density at radius 3 is 2.48 bits per heavy atom. The second-order valence-corrected chi connectivity index (χ2v) is 6.39. The highest BCUT2D eigenvalue weighted by Gasteiger charge is 2.32. The van der Waals surface area contributed by atoms with Crippen LogP contribution < -0.4 is 5.73 Å². The van der Waals surface area contributed by atoms with Gasteiger partial charge in [0.1, 0.15) is 0 Å². The van der Waals surface area contributed by atoms with Crippen molar-refractivity contribution in [2.45, 2.75) is 31.8 Å². The molecule has 1 aromatic rings. The molecule has 2 saturated heterocycles. The van der Waals surface area contributed by atoms with Crippen molar-refractivity contribution in [1.82, 2.24) is 9.80 Å². The predicted octanol–water partition coefficient (Wildman–Crippen LogP) is 2.30. The molecule has 4 nitrogen and oxygen atoms in total. The number of amides is 1. The first-order valence-electron chi connectivity index (χ1n) is 8.03. The van der Waals surface area contributed by atoms with E-state index in [0.29, 0.717) is 5.91 Å². The maximum atomic E-state index is 12.6. The van der Waals surface area contributed by atoms with Crippen LogP contribution in [0.15, 0.2) is 30.3 Å². The molecule has 2 fully saturated rings. The Morgan fingerprint density at radius 1 is 1.09 bits per heavy atom. The lowest BCUT2D eigenvalue weighted by atomic mass is 9.96. The molecule has 2 heterocycles. The van der Waals surface area contributed by atoms with Gasteiger partial charge in [-0.05, 0) is 31.4 Å². The number of halogens is 2. The fourth-order valence-electron chi connectivity index (χ4n) is 3.49. The summed E-state index contributed by atoms with van der Waals surface area (Å²) in [5, 5.41) is 0. The first-order valence-corrected chi connectivity index (χ1v) is 8.03. The normalized spacial score (nSPS) is 24.7. The molecule has 0 radical (unpaired) electrons. The van der Waals surface area contributed by atoms with Crippen molar-refractivity contribution in [1.29, 1.82) is 0 Å². The van der Waals surface area contributed by atoms with Gasteiger partial charge >= 0.3 is 0 Å². The smallest absolute Gasteiger partial charge is 0.227 e. The summed E-state index contributed by atoms with van der Waals surface area (Å²) in [7, 11) is 0. The van der Waals surface area contributed by atoms with E-state index in [0.717, 1.165) is 52.0 Å². The van der Waals surface area contributed by atoms with Crippen LogP contribution in [0.2, 0.25) is 0 Å². The molecule has 1 aromatic carbocycles. The van der Waals surface area contributed by atoms with Crippen LogP contribution in [0, 0.1) is 5.92 Å². The summed E-state index contributed by atoms with van der Waals surface area (Å²) in [6.45, 7) is 4.52. The molecule has 0 spiro atoms. The zero-order valence-corrected chi connectivity index (χ0v) is 15.0. The first-order chi connectivity index (χ1) is 10.2. The average Bonchev–Trinajstić information content (AvgIpc) is 2.94. The highest BCUT2D eigenvalue weighted by molar-refractivity contribution is 5.85. The van der Waals surface area contributed by atoms with Gasteiger partial charge in [-0.1, -0.05) is 30.3 Å². The van der Waals surface area contributed by atoms with Crippen LogP contribution in [0.5, 0.6) is 0 Å². The molecule has 2 N–H and O–H groups in total. The second-order valence-electron chi connectivity index (χ2n) is 6.39. The predicted molar refractivity (Wildman–Crippen MR) is 98.1 cm³/mol. The van der Waals surface area contributed by atoms with Crippen molar-refractivity contribution in [2.75, 3.05) is 26.2 Å². The average molecular weight is 360 g/mol. The zero-order valence-electron chi connectivity index (χ0n) is 13.4. The van der Waals surface area contributed by atoms with Crippen molar-refractivity contribution in [2.24, 2.45) is 11.7 Å². The third kappa shape index (κ3) is 5.35. The lowest BCUT2D eigenvalue weighted by Gasteiger charge is -2.34. The molecular formula is C17H27Cl2N3O. The number of hydrogen-bond acceptors (Lipinski definition) is 3. The van der Waals surface area contributed by atoms with Crippen LogP contribution in [-0.4, -0.2) is 47.9 Å². The molecule has 3 rings (SSSR count). The number of hydrogen-bond donors (Lipinski definition) is 1. The molecular weight excluding hydrogens is 333 g/mol. The zero-order chi connectivity index (χ0) is 14.7. The summed E-state index contributed by atoms with van der Waals surface area (Å²) in [6.07, 6.45) is 3.09. The van der Waals surface area contributed by atoms with Gasteiger partial charge in [-0.3, -0.25) is 9.69 Å². The number of carbonyl (C=O) groups is 1. The van der Waals surface area contributed by atoms with Crippen molar-refractivity contribution < 1.29 is 4.79 Å². The third-order valence-corrected chi connectivity index (χ3v) is 4.64. The van der Waals surface area contributed by atoms with Gasteiger partial charge in [0, 0.05) is 32.2 Å². The maximum Gasteiger partial charge on any atom is 0.227 e. The summed E-state index contributed by atoms with van der Waals surface area (Å²) < 4.78 is 0. The molecule has 6 heteroatoms. The molecule has 0 bridgehead atoms. The fourth-order valence-corrected chi connectivity index (χ4v) is 3.49. The quantitative estimate of drug-likeness (QED) is 0.900. The molecule has 0 saturated carbocycles. The highest BCUT2D eigenvalue weighted by Crippen LogP contribution is 2.22. The summed E-state index contributed by atoms with van der Waals surface area (Å²) in [5.41, 5.74) is 7.25. The lowest BCUT2D eigenvalue weighted by Crippen LogP contribution is -2.44. The molecule has 2 aliphatic heterocycles. The van der Waals surface area contributed by atoms with Crippen molar-refractivity contribution in [3.8, 4) is 0 Å². The van der Waals surface area contributed by atoms with Gasteiger partial charge in [0.05, 0.1) is 5.92 Å². The topological polar surface area (TPSA) is 49.6 Å². The Morgan fingerprint density at radius 2 is 1.83 bits per heavy atom. The van der Waals surface area contributed by atoms with Crippen LogP contribution in [0.3, 0.4) is 0 Å². The lowest BCUT2D eigenvalue weighted by molar-refractivity contribution is -0.136. The third-order valence-electron chi connectivity index (χ3n) is 4.64. The van der Waals surface area contributed by atoms with Crippen LogP contribution in [0.25, 0.3) is 0 Å². The number of carbonyl (C=O) groups excluding carboxylic acids is 1. The monoisotopic (exact) mass is 359 g/mol. The minimum absolute atomic E-state index is 0. The minimum atomic E-state index is 0. The van der Waals surface area contributed by atoms with Crippen molar-refractivity contribution in [3.05, 3.63) is 35.9 Å². The van der Waals surface area contributed by atoms with E-state index < -0.39 is 0 Å². The molecule has 0 aromatic heterocycles. The Hall–Kier alpha value is -0.810. The Bertz CT molecular complexity index is 486. The number of rotatable bonds is 3.